The molecule has 2 aliphatic heterocycles. The van der Waals surface area contributed by atoms with Crippen molar-refractivity contribution < 1.29 is 43.7 Å². The number of rotatable bonds is 4. The molecule has 3 atom stereocenters. The number of aryl methyl sites for hydroxylation is 1. The molecule has 3 aliphatic rings. The third kappa shape index (κ3) is 4.74. The molecule has 5 rings (SSSR count). The van der Waals surface area contributed by atoms with Crippen molar-refractivity contribution in [1.29, 1.82) is 0 Å². The Balaban J connectivity index is 1.70. The second-order valence-corrected chi connectivity index (χ2v) is 14.7. The molecule has 0 aromatic heterocycles. The van der Waals surface area contributed by atoms with E-state index in [9.17, 15) is 34.8 Å². The molecular formula is C27H29F3N2O7S2. The summed E-state index contributed by atoms with van der Waals surface area (Å²) in [5.74, 6) is -0.611. The molecule has 41 heavy (non-hydrogen) atoms. The summed E-state index contributed by atoms with van der Waals surface area (Å²) in [6.45, 7) is 6.84. The molecule has 0 saturated carbocycles. The third-order valence-electron chi connectivity index (χ3n) is 7.59. The minimum absolute atomic E-state index is 0.0477. The minimum atomic E-state index is -6.07. The van der Waals surface area contributed by atoms with Gasteiger partial charge in [-0.1, -0.05) is 35.9 Å². The number of alkyl halides is 3. The fraction of sp³-hybridized carbons (Fsp3) is 0.444. The van der Waals surface area contributed by atoms with E-state index in [-0.39, 0.29) is 17.9 Å². The van der Waals surface area contributed by atoms with E-state index in [0.29, 0.717) is 11.3 Å². The molecule has 0 N–H and O–H groups in total. The molecule has 9 nitrogen and oxygen atoms in total. The largest absolute Gasteiger partial charge is 0.534 e. The van der Waals surface area contributed by atoms with Crippen LogP contribution in [0.1, 0.15) is 44.7 Å². The van der Waals surface area contributed by atoms with Gasteiger partial charge in [0.1, 0.15) is 11.4 Å². The van der Waals surface area contributed by atoms with Gasteiger partial charge in [-0.3, -0.25) is 4.31 Å². The second kappa shape index (κ2) is 9.38. The summed E-state index contributed by atoms with van der Waals surface area (Å²) in [5, 5.41) is 0. The number of hydrogen-bond acceptors (Lipinski definition) is 7. The van der Waals surface area contributed by atoms with Crippen molar-refractivity contribution in [3.63, 3.8) is 0 Å². The van der Waals surface area contributed by atoms with Gasteiger partial charge >= 0.3 is 21.7 Å². The lowest BCUT2D eigenvalue weighted by atomic mass is 9.67. The Morgan fingerprint density at radius 3 is 2.24 bits per heavy atom. The van der Waals surface area contributed by atoms with Gasteiger partial charge in [0.2, 0.25) is 0 Å². The van der Waals surface area contributed by atoms with Gasteiger partial charge in [0.05, 0.1) is 22.7 Å². The number of likely N-dealkylation sites (tertiary alicyclic amines) is 1. The summed E-state index contributed by atoms with van der Waals surface area (Å²) in [6, 6.07) is 10.6. The smallest absolute Gasteiger partial charge is 0.444 e. The van der Waals surface area contributed by atoms with E-state index in [1.54, 1.807) is 64.1 Å². The first kappa shape index (κ1) is 29.2. The number of ether oxygens (including phenoxy) is 1. The van der Waals surface area contributed by atoms with Crippen LogP contribution >= 0.6 is 0 Å². The third-order valence-corrected chi connectivity index (χ3v) is 10.4. The molecule has 2 aromatic carbocycles. The molecular weight excluding hydrogens is 585 g/mol. The first-order valence-electron chi connectivity index (χ1n) is 12.8. The van der Waals surface area contributed by atoms with Crippen molar-refractivity contribution in [2.24, 2.45) is 0 Å². The molecule has 0 bridgehead atoms. The first-order chi connectivity index (χ1) is 18.9. The Labute approximate surface area is 236 Å². The van der Waals surface area contributed by atoms with Crippen LogP contribution in [0.5, 0.6) is 0 Å². The molecule has 1 amide bonds. The van der Waals surface area contributed by atoms with Gasteiger partial charge in [0.25, 0.3) is 10.0 Å². The van der Waals surface area contributed by atoms with Crippen LogP contribution in [0, 0.1) is 6.92 Å². The lowest BCUT2D eigenvalue weighted by Crippen LogP contribution is -2.56. The number of fused-ring (bicyclic) bond motifs is 1. The maximum Gasteiger partial charge on any atom is 0.534 e. The zero-order valence-corrected chi connectivity index (χ0v) is 24.3. The average molecular weight is 615 g/mol. The molecule has 1 aliphatic carbocycles. The van der Waals surface area contributed by atoms with E-state index in [0.717, 1.165) is 9.87 Å². The SMILES string of the molecule is Cc1ccc(S(=O)(=O)N2c3ccccc3[C@]34CCN(C(=O)OC(C)(C)C)[C@H]3C=C(OS(=O)(=O)C(F)(F)F)C[C@H]24)cc1. The number of hydrogen-bond donors (Lipinski definition) is 0. The Kier molecular flexibility index (Phi) is 6.69. The lowest BCUT2D eigenvalue weighted by Gasteiger charge is -2.43. The minimum Gasteiger partial charge on any atom is -0.444 e. The highest BCUT2D eigenvalue weighted by molar-refractivity contribution is 7.93. The Hall–Kier alpha value is -3.26. The van der Waals surface area contributed by atoms with Crippen molar-refractivity contribution in [1.82, 2.24) is 4.90 Å². The number of nitrogens with zero attached hydrogens (tertiary/aromatic N) is 2. The molecule has 0 radical (unpaired) electrons. The predicted octanol–water partition coefficient (Wildman–Crippen LogP) is 4.97. The number of benzene rings is 2. The van der Waals surface area contributed by atoms with Gasteiger partial charge in [-0.25, -0.2) is 13.2 Å². The normalized spacial score (nSPS) is 24.3. The average Bonchev–Trinajstić information content (AvgIpc) is 3.36. The van der Waals surface area contributed by atoms with Crippen molar-refractivity contribution in [2.45, 2.75) is 74.0 Å². The second-order valence-electron chi connectivity index (χ2n) is 11.4. The molecule has 0 unspecified atom stereocenters. The summed E-state index contributed by atoms with van der Waals surface area (Å²) in [4.78, 5) is 14.5. The number of carbonyl (C=O) groups excluding carboxylic acids is 1. The van der Waals surface area contributed by atoms with E-state index in [1.807, 2.05) is 0 Å². The number of halogens is 3. The maximum absolute atomic E-state index is 14.2. The summed E-state index contributed by atoms with van der Waals surface area (Å²) < 4.78 is 104. The van der Waals surface area contributed by atoms with Gasteiger partial charge in [-0.05, 0) is 64.0 Å². The Morgan fingerprint density at radius 1 is 1.00 bits per heavy atom. The standard InChI is InChI=1S/C27H29F3N2O7S2/c1-17-9-11-19(12-10-17)40(34,35)32-21-8-6-5-7-20(21)26-13-14-31(24(33)38-25(2,3)4)22(26)15-18(16-23(26)32)39-41(36,37)27(28,29)30/h5-12,15,22-23H,13-14,16H2,1-4H3/t22-,23-,26+/m0/s1. The number of sulfonamides is 1. The van der Waals surface area contributed by atoms with Crippen LogP contribution in [0.4, 0.5) is 23.7 Å². The fourth-order valence-electron chi connectivity index (χ4n) is 5.98. The highest BCUT2D eigenvalue weighted by atomic mass is 32.2. The summed E-state index contributed by atoms with van der Waals surface area (Å²) in [5.41, 5.74) is -6.04. The van der Waals surface area contributed by atoms with Crippen LogP contribution < -0.4 is 4.31 Å². The van der Waals surface area contributed by atoms with Crippen LogP contribution in [0.25, 0.3) is 0 Å². The molecule has 1 saturated heterocycles. The number of carbonyl (C=O) groups is 1. The zero-order valence-electron chi connectivity index (χ0n) is 22.7. The van der Waals surface area contributed by atoms with Gasteiger partial charge in [-0.15, -0.1) is 0 Å². The summed E-state index contributed by atoms with van der Waals surface area (Å²) in [7, 11) is -10.4. The summed E-state index contributed by atoms with van der Waals surface area (Å²) >= 11 is 0. The number of amides is 1. The van der Waals surface area contributed by atoms with Crippen molar-refractivity contribution in [3.8, 4) is 0 Å². The lowest BCUT2D eigenvalue weighted by molar-refractivity contribution is -0.0526. The maximum atomic E-state index is 14.2. The van der Waals surface area contributed by atoms with Crippen LogP contribution in [0.2, 0.25) is 0 Å². The molecule has 1 spiro atoms. The fourth-order valence-corrected chi connectivity index (χ4v) is 8.20. The van der Waals surface area contributed by atoms with E-state index in [2.05, 4.69) is 4.18 Å². The van der Waals surface area contributed by atoms with Crippen LogP contribution in [0.15, 0.2) is 65.3 Å². The quantitative estimate of drug-likeness (QED) is 0.353. The predicted molar refractivity (Wildman–Crippen MR) is 143 cm³/mol. The van der Waals surface area contributed by atoms with E-state index < -0.39 is 67.0 Å². The van der Waals surface area contributed by atoms with Gasteiger partial charge in [-0.2, -0.15) is 21.6 Å². The number of anilines is 1. The van der Waals surface area contributed by atoms with Crippen molar-refractivity contribution >= 4 is 31.9 Å². The van der Waals surface area contributed by atoms with Crippen LogP contribution in [-0.2, 0) is 34.5 Å². The van der Waals surface area contributed by atoms with E-state index in [4.69, 9.17) is 4.74 Å². The van der Waals surface area contributed by atoms with Gasteiger partial charge in [0, 0.05) is 18.4 Å². The zero-order chi connectivity index (χ0) is 30.2. The van der Waals surface area contributed by atoms with E-state index >= 15 is 0 Å². The molecule has 1 fully saturated rings. The van der Waals surface area contributed by atoms with Crippen LogP contribution in [-0.4, -0.2) is 57.6 Å². The first-order valence-corrected chi connectivity index (χ1v) is 15.6. The van der Waals surface area contributed by atoms with Gasteiger partial charge < -0.3 is 13.8 Å². The molecule has 222 valence electrons. The van der Waals surface area contributed by atoms with E-state index in [1.165, 1.54) is 23.1 Å². The Bertz CT molecular complexity index is 1630. The topological polar surface area (TPSA) is 110 Å². The number of para-hydroxylation sites is 1. The Morgan fingerprint density at radius 2 is 1.63 bits per heavy atom. The molecule has 2 aromatic rings. The van der Waals surface area contributed by atoms with Crippen molar-refractivity contribution in [2.75, 3.05) is 10.8 Å². The highest BCUT2D eigenvalue weighted by Crippen LogP contribution is 2.59. The monoisotopic (exact) mass is 614 g/mol. The molecule has 14 heteroatoms. The van der Waals surface area contributed by atoms with Crippen LogP contribution in [0.3, 0.4) is 0 Å². The van der Waals surface area contributed by atoms with Gasteiger partial charge in [0.15, 0.2) is 0 Å². The summed E-state index contributed by atoms with van der Waals surface area (Å²) in [6.07, 6.45) is 0.170. The molecule has 2 heterocycles. The van der Waals surface area contributed by atoms with Crippen molar-refractivity contribution in [3.05, 3.63) is 71.5 Å². The highest BCUT2D eigenvalue weighted by Gasteiger charge is 2.65.